The Morgan fingerprint density at radius 2 is 1.94 bits per heavy atom. The second-order valence-electron chi connectivity index (χ2n) is 4.29. The highest BCUT2D eigenvalue weighted by Gasteiger charge is 2.04. The van der Waals surface area contributed by atoms with Gasteiger partial charge in [0.2, 0.25) is 5.91 Å². The number of hydrogen-bond donors (Lipinski definition) is 1. The summed E-state index contributed by atoms with van der Waals surface area (Å²) in [5.74, 6) is 0.940. The second-order valence-corrected chi connectivity index (χ2v) is 4.29. The van der Waals surface area contributed by atoms with Gasteiger partial charge in [0.1, 0.15) is 12.4 Å². The number of benzene rings is 1. The monoisotopic (exact) mass is 235 g/mol. The molecule has 0 bridgehead atoms. The van der Waals surface area contributed by atoms with Crippen LogP contribution in [0.5, 0.6) is 5.75 Å². The Labute approximate surface area is 103 Å². The Morgan fingerprint density at radius 1 is 1.29 bits per heavy atom. The zero-order valence-corrected chi connectivity index (χ0v) is 10.8. The maximum atomic E-state index is 11.3. The van der Waals surface area contributed by atoms with Crippen molar-refractivity contribution in [3.05, 3.63) is 29.8 Å². The molecule has 0 radical (unpaired) electrons. The van der Waals surface area contributed by atoms with Crippen molar-refractivity contribution < 1.29 is 9.53 Å². The molecule has 0 saturated heterocycles. The summed E-state index contributed by atoms with van der Waals surface area (Å²) in [6.07, 6.45) is 1.03. The van der Waals surface area contributed by atoms with E-state index in [-0.39, 0.29) is 11.8 Å². The first kappa shape index (κ1) is 13.6. The van der Waals surface area contributed by atoms with Gasteiger partial charge in [-0.1, -0.05) is 32.9 Å². The van der Waals surface area contributed by atoms with Crippen molar-refractivity contribution in [1.82, 2.24) is 5.32 Å². The summed E-state index contributed by atoms with van der Waals surface area (Å²) in [6.45, 7) is 6.92. The predicted octanol–water partition coefficient (Wildman–Crippen LogP) is 2.40. The van der Waals surface area contributed by atoms with Crippen molar-refractivity contribution in [3.63, 3.8) is 0 Å². The summed E-state index contributed by atoms with van der Waals surface area (Å²) in [7, 11) is 0. The summed E-state index contributed by atoms with van der Waals surface area (Å²) in [6, 6.07) is 8.04. The molecule has 94 valence electrons. The van der Waals surface area contributed by atoms with Crippen LogP contribution in [0.15, 0.2) is 24.3 Å². The van der Waals surface area contributed by atoms with Crippen molar-refractivity contribution in [3.8, 4) is 5.75 Å². The molecule has 0 aliphatic heterocycles. The van der Waals surface area contributed by atoms with E-state index in [2.05, 4.69) is 24.4 Å². The standard InChI is InChI=1S/C14H21NO2/c1-4-12-5-7-13(8-6-12)17-10-9-15-14(16)11(2)3/h5-8,11H,4,9-10H2,1-3H3,(H,15,16). The van der Waals surface area contributed by atoms with Gasteiger partial charge in [0.25, 0.3) is 0 Å². The van der Waals surface area contributed by atoms with Crippen LogP contribution in [0, 0.1) is 5.92 Å². The van der Waals surface area contributed by atoms with Crippen molar-refractivity contribution in [2.75, 3.05) is 13.2 Å². The number of aryl methyl sites for hydroxylation is 1. The van der Waals surface area contributed by atoms with Gasteiger partial charge >= 0.3 is 0 Å². The van der Waals surface area contributed by atoms with Gasteiger partial charge in [-0.25, -0.2) is 0 Å². The fraction of sp³-hybridized carbons (Fsp3) is 0.500. The minimum absolute atomic E-state index is 0.0267. The quantitative estimate of drug-likeness (QED) is 0.769. The molecule has 17 heavy (non-hydrogen) atoms. The minimum Gasteiger partial charge on any atom is -0.492 e. The third-order valence-corrected chi connectivity index (χ3v) is 2.53. The summed E-state index contributed by atoms with van der Waals surface area (Å²) >= 11 is 0. The third kappa shape index (κ3) is 4.89. The first-order valence-electron chi connectivity index (χ1n) is 6.13. The summed E-state index contributed by atoms with van der Waals surface area (Å²) in [4.78, 5) is 11.3. The molecule has 0 saturated carbocycles. The fourth-order valence-corrected chi connectivity index (χ4v) is 1.37. The Hall–Kier alpha value is -1.51. The SMILES string of the molecule is CCc1ccc(OCCNC(=O)C(C)C)cc1. The Morgan fingerprint density at radius 3 is 2.47 bits per heavy atom. The lowest BCUT2D eigenvalue weighted by Crippen LogP contribution is -2.31. The summed E-state index contributed by atoms with van der Waals surface area (Å²) in [5, 5.41) is 2.81. The zero-order valence-electron chi connectivity index (χ0n) is 10.8. The van der Waals surface area contributed by atoms with E-state index in [4.69, 9.17) is 4.74 Å². The van der Waals surface area contributed by atoms with Crippen LogP contribution < -0.4 is 10.1 Å². The number of rotatable bonds is 6. The molecule has 1 aromatic carbocycles. The van der Waals surface area contributed by atoms with E-state index in [1.165, 1.54) is 5.56 Å². The van der Waals surface area contributed by atoms with Crippen LogP contribution >= 0.6 is 0 Å². The Balaban J connectivity index is 2.24. The van der Waals surface area contributed by atoms with E-state index >= 15 is 0 Å². The van der Waals surface area contributed by atoms with E-state index in [9.17, 15) is 4.79 Å². The second kappa shape index (κ2) is 6.94. The van der Waals surface area contributed by atoms with E-state index in [0.29, 0.717) is 13.2 Å². The van der Waals surface area contributed by atoms with Crippen LogP contribution in [0.3, 0.4) is 0 Å². The topological polar surface area (TPSA) is 38.3 Å². The van der Waals surface area contributed by atoms with E-state index < -0.39 is 0 Å². The first-order valence-corrected chi connectivity index (χ1v) is 6.13. The van der Waals surface area contributed by atoms with Crippen LogP contribution in [0.1, 0.15) is 26.3 Å². The number of hydrogen-bond acceptors (Lipinski definition) is 2. The maximum Gasteiger partial charge on any atom is 0.222 e. The molecular formula is C14H21NO2. The highest BCUT2D eigenvalue weighted by atomic mass is 16.5. The molecule has 3 heteroatoms. The van der Waals surface area contributed by atoms with Crippen LogP contribution in [-0.4, -0.2) is 19.1 Å². The molecule has 0 atom stereocenters. The highest BCUT2D eigenvalue weighted by Crippen LogP contribution is 2.11. The molecule has 0 aliphatic carbocycles. The predicted molar refractivity (Wildman–Crippen MR) is 69.2 cm³/mol. The maximum absolute atomic E-state index is 11.3. The third-order valence-electron chi connectivity index (χ3n) is 2.53. The van der Waals surface area contributed by atoms with Crippen LogP contribution in [0.2, 0.25) is 0 Å². The van der Waals surface area contributed by atoms with Gasteiger partial charge in [-0.05, 0) is 24.1 Å². The van der Waals surface area contributed by atoms with Gasteiger partial charge in [-0.2, -0.15) is 0 Å². The Bertz CT molecular complexity index is 344. The number of ether oxygens (including phenoxy) is 1. The van der Waals surface area contributed by atoms with Gasteiger partial charge in [0.15, 0.2) is 0 Å². The Kier molecular flexibility index (Phi) is 5.53. The smallest absolute Gasteiger partial charge is 0.222 e. The van der Waals surface area contributed by atoms with Gasteiger partial charge in [0.05, 0.1) is 6.54 Å². The van der Waals surface area contributed by atoms with E-state index in [0.717, 1.165) is 12.2 Å². The van der Waals surface area contributed by atoms with Crippen molar-refractivity contribution in [2.24, 2.45) is 5.92 Å². The van der Waals surface area contributed by atoms with Crippen molar-refractivity contribution in [2.45, 2.75) is 27.2 Å². The molecule has 3 nitrogen and oxygen atoms in total. The molecule has 1 aromatic rings. The highest BCUT2D eigenvalue weighted by molar-refractivity contribution is 5.77. The average molecular weight is 235 g/mol. The lowest BCUT2D eigenvalue weighted by atomic mass is 10.2. The van der Waals surface area contributed by atoms with Gasteiger partial charge in [-0.15, -0.1) is 0 Å². The van der Waals surface area contributed by atoms with Crippen molar-refractivity contribution >= 4 is 5.91 Å². The molecule has 0 aromatic heterocycles. The van der Waals surface area contributed by atoms with Gasteiger partial charge in [0, 0.05) is 5.92 Å². The van der Waals surface area contributed by atoms with Crippen LogP contribution in [0.4, 0.5) is 0 Å². The number of carbonyl (C=O) groups excluding carboxylic acids is 1. The van der Waals surface area contributed by atoms with E-state index in [1.54, 1.807) is 0 Å². The lowest BCUT2D eigenvalue weighted by molar-refractivity contribution is -0.124. The largest absolute Gasteiger partial charge is 0.492 e. The summed E-state index contributed by atoms with van der Waals surface area (Å²) < 4.78 is 5.52. The molecule has 0 aliphatic rings. The van der Waals surface area contributed by atoms with Crippen LogP contribution in [0.25, 0.3) is 0 Å². The van der Waals surface area contributed by atoms with E-state index in [1.807, 2.05) is 26.0 Å². The molecule has 0 spiro atoms. The van der Waals surface area contributed by atoms with Gasteiger partial charge in [-0.3, -0.25) is 4.79 Å². The number of carbonyl (C=O) groups is 1. The molecule has 0 fully saturated rings. The molecular weight excluding hydrogens is 214 g/mol. The fourth-order valence-electron chi connectivity index (χ4n) is 1.37. The molecule has 0 unspecified atom stereocenters. The molecule has 1 amide bonds. The lowest BCUT2D eigenvalue weighted by Gasteiger charge is -2.09. The average Bonchev–Trinajstić information content (AvgIpc) is 2.35. The summed E-state index contributed by atoms with van der Waals surface area (Å²) in [5.41, 5.74) is 1.30. The molecule has 1 N–H and O–H groups in total. The normalized spacial score (nSPS) is 10.4. The van der Waals surface area contributed by atoms with Crippen molar-refractivity contribution in [1.29, 1.82) is 0 Å². The first-order chi connectivity index (χ1) is 8.13. The molecule has 1 rings (SSSR count). The molecule has 0 heterocycles. The number of nitrogens with one attached hydrogen (secondary N) is 1. The minimum atomic E-state index is 0.0267. The zero-order chi connectivity index (χ0) is 12.7. The van der Waals surface area contributed by atoms with Crippen LogP contribution in [-0.2, 0) is 11.2 Å². The number of amides is 1. The van der Waals surface area contributed by atoms with Gasteiger partial charge < -0.3 is 10.1 Å².